The van der Waals surface area contributed by atoms with E-state index in [1.165, 1.54) is 31.7 Å². The predicted octanol–water partition coefficient (Wildman–Crippen LogP) is 3.46. The fourth-order valence-corrected chi connectivity index (χ4v) is 4.24. The number of hydrogen-bond donors (Lipinski definition) is 2. The molecule has 2 fully saturated rings. The van der Waals surface area contributed by atoms with E-state index in [-0.39, 0.29) is 11.9 Å². The highest BCUT2D eigenvalue weighted by Crippen LogP contribution is 2.51. The monoisotopic (exact) mass is 262 g/mol. The third-order valence-corrected chi connectivity index (χ3v) is 5.24. The first-order valence-corrected chi connectivity index (χ1v) is 7.39. The van der Waals surface area contributed by atoms with Gasteiger partial charge in [-0.25, -0.2) is 4.39 Å². The molecule has 2 aliphatic rings. The Morgan fingerprint density at radius 1 is 1.37 bits per heavy atom. The lowest BCUT2D eigenvalue weighted by Crippen LogP contribution is -2.31. The second-order valence-electron chi connectivity index (χ2n) is 6.39. The van der Waals surface area contributed by atoms with Crippen LogP contribution >= 0.6 is 0 Å². The SMILES string of the molecule is Cc1ccc(F)cc1C(CC1CC2CCC1C2)NN. The molecular formula is C16H23FN2. The minimum absolute atomic E-state index is 0.0834. The van der Waals surface area contributed by atoms with Crippen molar-refractivity contribution in [3.8, 4) is 0 Å². The Morgan fingerprint density at radius 3 is 2.84 bits per heavy atom. The second kappa shape index (κ2) is 5.22. The zero-order valence-corrected chi connectivity index (χ0v) is 11.5. The first-order chi connectivity index (χ1) is 9.17. The molecule has 3 rings (SSSR count). The van der Waals surface area contributed by atoms with Crippen molar-refractivity contribution in [1.29, 1.82) is 0 Å². The molecule has 0 amide bonds. The molecule has 4 atom stereocenters. The minimum atomic E-state index is -0.172. The van der Waals surface area contributed by atoms with Crippen molar-refractivity contribution in [2.24, 2.45) is 23.6 Å². The molecule has 3 heteroatoms. The maximum absolute atomic E-state index is 13.4. The fourth-order valence-electron chi connectivity index (χ4n) is 4.24. The van der Waals surface area contributed by atoms with E-state index >= 15 is 0 Å². The predicted molar refractivity (Wildman–Crippen MR) is 74.8 cm³/mol. The molecule has 2 aliphatic carbocycles. The summed E-state index contributed by atoms with van der Waals surface area (Å²) in [6.45, 7) is 2.03. The van der Waals surface area contributed by atoms with E-state index in [1.807, 2.05) is 13.0 Å². The number of benzene rings is 1. The van der Waals surface area contributed by atoms with Crippen LogP contribution in [0.3, 0.4) is 0 Å². The molecule has 0 heterocycles. The van der Waals surface area contributed by atoms with Gasteiger partial charge in [0, 0.05) is 6.04 Å². The number of halogens is 1. The molecule has 2 nitrogen and oxygen atoms in total. The number of hydrazine groups is 1. The number of aryl methyl sites for hydroxylation is 1. The number of hydrogen-bond acceptors (Lipinski definition) is 2. The van der Waals surface area contributed by atoms with Crippen molar-refractivity contribution in [3.05, 3.63) is 35.1 Å². The first kappa shape index (κ1) is 13.1. The molecule has 1 aromatic rings. The van der Waals surface area contributed by atoms with E-state index in [1.54, 1.807) is 6.07 Å². The molecule has 0 spiro atoms. The van der Waals surface area contributed by atoms with E-state index in [2.05, 4.69) is 5.43 Å². The van der Waals surface area contributed by atoms with Crippen LogP contribution in [-0.4, -0.2) is 0 Å². The Labute approximate surface area is 114 Å². The van der Waals surface area contributed by atoms with E-state index in [9.17, 15) is 4.39 Å². The zero-order valence-electron chi connectivity index (χ0n) is 11.5. The van der Waals surface area contributed by atoms with Gasteiger partial charge >= 0.3 is 0 Å². The van der Waals surface area contributed by atoms with Crippen molar-refractivity contribution in [3.63, 3.8) is 0 Å². The van der Waals surface area contributed by atoms with Crippen LogP contribution in [0.4, 0.5) is 4.39 Å². The quantitative estimate of drug-likeness (QED) is 0.644. The summed E-state index contributed by atoms with van der Waals surface area (Å²) in [5.74, 6) is 8.15. The van der Waals surface area contributed by atoms with Crippen LogP contribution in [0.1, 0.15) is 49.3 Å². The van der Waals surface area contributed by atoms with Gasteiger partial charge in [0.1, 0.15) is 5.82 Å². The minimum Gasteiger partial charge on any atom is -0.271 e. The summed E-state index contributed by atoms with van der Waals surface area (Å²) in [6, 6.07) is 5.08. The molecule has 2 bridgehead atoms. The Kier molecular flexibility index (Phi) is 3.59. The average Bonchev–Trinajstić information content (AvgIpc) is 3.01. The third-order valence-electron chi connectivity index (χ3n) is 5.24. The Morgan fingerprint density at radius 2 is 2.21 bits per heavy atom. The van der Waals surface area contributed by atoms with Gasteiger partial charge in [-0.15, -0.1) is 0 Å². The summed E-state index contributed by atoms with van der Waals surface area (Å²) in [4.78, 5) is 0. The highest BCUT2D eigenvalue weighted by Gasteiger charge is 2.40. The molecular weight excluding hydrogens is 239 g/mol. The standard InChI is InChI=1S/C16H23FN2/c1-10-2-5-14(17)9-15(10)16(19-18)8-13-7-11-3-4-12(13)6-11/h2,5,9,11-13,16,19H,3-4,6-8,18H2,1H3. The van der Waals surface area contributed by atoms with Gasteiger partial charge in [0.15, 0.2) is 0 Å². The zero-order chi connectivity index (χ0) is 13.4. The lowest BCUT2D eigenvalue weighted by Gasteiger charge is -2.27. The van der Waals surface area contributed by atoms with Gasteiger partial charge in [0.2, 0.25) is 0 Å². The van der Waals surface area contributed by atoms with E-state index in [4.69, 9.17) is 5.84 Å². The van der Waals surface area contributed by atoms with Crippen LogP contribution in [0.25, 0.3) is 0 Å². The first-order valence-electron chi connectivity index (χ1n) is 7.39. The lowest BCUT2D eigenvalue weighted by molar-refractivity contribution is 0.279. The Bertz CT molecular complexity index is 460. The molecule has 4 unspecified atom stereocenters. The van der Waals surface area contributed by atoms with Gasteiger partial charge in [-0.05, 0) is 73.6 Å². The van der Waals surface area contributed by atoms with Crippen molar-refractivity contribution < 1.29 is 4.39 Å². The summed E-state index contributed by atoms with van der Waals surface area (Å²) in [6.07, 6.45) is 6.60. The molecule has 1 aromatic carbocycles. The summed E-state index contributed by atoms with van der Waals surface area (Å²) in [5, 5.41) is 0. The summed E-state index contributed by atoms with van der Waals surface area (Å²) in [5.41, 5.74) is 5.04. The normalized spacial score (nSPS) is 30.8. The van der Waals surface area contributed by atoms with E-state index < -0.39 is 0 Å². The lowest BCUT2D eigenvalue weighted by atomic mass is 9.82. The van der Waals surface area contributed by atoms with Crippen molar-refractivity contribution in [1.82, 2.24) is 5.43 Å². The van der Waals surface area contributed by atoms with Gasteiger partial charge in [0.05, 0.1) is 0 Å². The number of fused-ring (bicyclic) bond motifs is 2. The maximum atomic E-state index is 13.4. The van der Waals surface area contributed by atoms with Crippen LogP contribution < -0.4 is 11.3 Å². The van der Waals surface area contributed by atoms with E-state index in [0.29, 0.717) is 0 Å². The fraction of sp³-hybridized carbons (Fsp3) is 0.625. The van der Waals surface area contributed by atoms with Crippen molar-refractivity contribution >= 4 is 0 Å². The maximum Gasteiger partial charge on any atom is 0.123 e. The van der Waals surface area contributed by atoms with Crippen molar-refractivity contribution in [2.45, 2.75) is 45.1 Å². The van der Waals surface area contributed by atoms with E-state index in [0.717, 1.165) is 35.3 Å². The largest absolute Gasteiger partial charge is 0.271 e. The summed E-state index contributed by atoms with van der Waals surface area (Å²) in [7, 11) is 0. The Balaban J connectivity index is 1.75. The van der Waals surface area contributed by atoms with Crippen LogP contribution in [0.2, 0.25) is 0 Å². The van der Waals surface area contributed by atoms with Crippen LogP contribution in [0.15, 0.2) is 18.2 Å². The van der Waals surface area contributed by atoms with Gasteiger partial charge in [0.25, 0.3) is 0 Å². The van der Waals surface area contributed by atoms with Crippen molar-refractivity contribution in [2.75, 3.05) is 0 Å². The highest BCUT2D eigenvalue weighted by molar-refractivity contribution is 5.29. The Hall–Kier alpha value is -0.930. The highest BCUT2D eigenvalue weighted by atomic mass is 19.1. The van der Waals surface area contributed by atoms with Crippen LogP contribution in [0.5, 0.6) is 0 Å². The smallest absolute Gasteiger partial charge is 0.123 e. The molecule has 0 radical (unpaired) electrons. The average molecular weight is 262 g/mol. The molecule has 104 valence electrons. The molecule has 19 heavy (non-hydrogen) atoms. The topological polar surface area (TPSA) is 38.0 Å². The molecule has 3 N–H and O–H groups in total. The number of rotatable bonds is 4. The van der Waals surface area contributed by atoms with Crippen LogP contribution in [-0.2, 0) is 0 Å². The molecule has 2 saturated carbocycles. The number of nitrogens with one attached hydrogen (secondary N) is 1. The van der Waals surface area contributed by atoms with Gasteiger partial charge in [-0.3, -0.25) is 11.3 Å². The van der Waals surface area contributed by atoms with Gasteiger partial charge in [-0.2, -0.15) is 0 Å². The molecule has 0 aromatic heterocycles. The second-order valence-corrected chi connectivity index (χ2v) is 6.39. The van der Waals surface area contributed by atoms with Crippen LogP contribution in [0, 0.1) is 30.5 Å². The summed E-state index contributed by atoms with van der Waals surface area (Å²) < 4.78 is 13.4. The summed E-state index contributed by atoms with van der Waals surface area (Å²) >= 11 is 0. The molecule has 0 aliphatic heterocycles. The number of nitrogens with two attached hydrogens (primary N) is 1. The third kappa shape index (κ3) is 2.54. The van der Waals surface area contributed by atoms with Gasteiger partial charge in [-0.1, -0.05) is 12.5 Å². The molecule has 0 saturated heterocycles. The van der Waals surface area contributed by atoms with Gasteiger partial charge < -0.3 is 0 Å².